The van der Waals surface area contributed by atoms with Crippen LogP contribution in [0.15, 0.2) is 40.9 Å². The van der Waals surface area contributed by atoms with Gasteiger partial charge in [-0.2, -0.15) is 0 Å². The van der Waals surface area contributed by atoms with Gasteiger partial charge >= 0.3 is 0 Å². The Kier molecular flexibility index (Phi) is 4.39. The lowest BCUT2D eigenvalue weighted by atomic mass is 10.1. The van der Waals surface area contributed by atoms with E-state index in [0.29, 0.717) is 11.3 Å². The molecule has 5 heteroatoms. The van der Waals surface area contributed by atoms with Gasteiger partial charge in [0, 0.05) is 4.47 Å². The fourth-order valence-corrected chi connectivity index (χ4v) is 2.12. The molecule has 20 heavy (non-hydrogen) atoms. The van der Waals surface area contributed by atoms with Gasteiger partial charge in [0.2, 0.25) is 0 Å². The highest BCUT2D eigenvalue weighted by molar-refractivity contribution is 9.10. The van der Waals surface area contributed by atoms with E-state index in [2.05, 4.69) is 21.2 Å². The van der Waals surface area contributed by atoms with Gasteiger partial charge < -0.3 is 10.1 Å². The summed E-state index contributed by atoms with van der Waals surface area (Å²) in [5.41, 5.74) is 1.36. The van der Waals surface area contributed by atoms with Crippen molar-refractivity contribution in [2.24, 2.45) is 0 Å². The van der Waals surface area contributed by atoms with Gasteiger partial charge in [0.25, 0.3) is 5.91 Å². The first-order valence-corrected chi connectivity index (χ1v) is 6.71. The molecule has 1 N–H and O–H groups in total. The van der Waals surface area contributed by atoms with Crippen LogP contribution in [0.5, 0.6) is 5.75 Å². The lowest BCUT2D eigenvalue weighted by molar-refractivity contribution is 0.102. The first-order valence-electron chi connectivity index (χ1n) is 5.92. The second-order valence-corrected chi connectivity index (χ2v) is 5.20. The standard InChI is InChI=1S/C15H13BrFNO2/c1-9-3-6-12(17)13(7-9)18-15(19)11-5-4-10(16)8-14(11)20-2/h3-8H,1-2H3,(H,18,19). The van der Waals surface area contributed by atoms with E-state index in [0.717, 1.165) is 10.0 Å². The van der Waals surface area contributed by atoms with Crippen LogP contribution in [0.1, 0.15) is 15.9 Å². The van der Waals surface area contributed by atoms with Crippen LogP contribution in [0.3, 0.4) is 0 Å². The zero-order valence-corrected chi connectivity index (χ0v) is 12.6. The van der Waals surface area contributed by atoms with Crippen LogP contribution in [0.25, 0.3) is 0 Å². The third-order valence-electron chi connectivity index (χ3n) is 2.78. The van der Waals surface area contributed by atoms with Crippen LogP contribution < -0.4 is 10.1 Å². The predicted octanol–water partition coefficient (Wildman–Crippen LogP) is 4.16. The molecule has 0 aliphatic heterocycles. The summed E-state index contributed by atoms with van der Waals surface area (Å²) >= 11 is 3.30. The maximum atomic E-state index is 13.6. The SMILES string of the molecule is COc1cc(Br)ccc1C(=O)Nc1cc(C)ccc1F. The third kappa shape index (κ3) is 3.17. The van der Waals surface area contributed by atoms with Gasteiger partial charge in [0.1, 0.15) is 11.6 Å². The molecule has 0 heterocycles. The van der Waals surface area contributed by atoms with Crippen molar-refractivity contribution in [1.29, 1.82) is 0 Å². The highest BCUT2D eigenvalue weighted by Crippen LogP contribution is 2.25. The minimum Gasteiger partial charge on any atom is -0.496 e. The van der Waals surface area contributed by atoms with Gasteiger partial charge in [0.05, 0.1) is 18.4 Å². The Labute approximate surface area is 124 Å². The maximum Gasteiger partial charge on any atom is 0.259 e. The largest absolute Gasteiger partial charge is 0.496 e. The van der Waals surface area contributed by atoms with Gasteiger partial charge in [-0.1, -0.05) is 22.0 Å². The fraction of sp³-hybridized carbons (Fsp3) is 0.133. The van der Waals surface area contributed by atoms with E-state index >= 15 is 0 Å². The predicted molar refractivity (Wildman–Crippen MR) is 79.8 cm³/mol. The summed E-state index contributed by atoms with van der Waals surface area (Å²) in [4.78, 5) is 12.2. The molecule has 0 saturated heterocycles. The van der Waals surface area contributed by atoms with Crippen molar-refractivity contribution in [3.8, 4) is 5.75 Å². The van der Waals surface area contributed by atoms with Gasteiger partial charge in [-0.3, -0.25) is 4.79 Å². The number of amides is 1. The number of rotatable bonds is 3. The minimum absolute atomic E-state index is 0.153. The van der Waals surface area contributed by atoms with Gasteiger partial charge in [-0.05, 0) is 42.8 Å². The molecule has 1 amide bonds. The van der Waals surface area contributed by atoms with Crippen LogP contribution >= 0.6 is 15.9 Å². The number of anilines is 1. The van der Waals surface area contributed by atoms with Crippen molar-refractivity contribution in [2.45, 2.75) is 6.92 Å². The Hall–Kier alpha value is -1.88. The molecular formula is C15H13BrFNO2. The van der Waals surface area contributed by atoms with E-state index < -0.39 is 11.7 Å². The molecule has 2 aromatic carbocycles. The summed E-state index contributed by atoms with van der Waals surface area (Å²) in [5.74, 6) is -0.469. The molecule has 0 unspecified atom stereocenters. The molecule has 0 atom stereocenters. The molecule has 104 valence electrons. The summed E-state index contributed by atoms with van der Waals surface area (Å²) < 4.78 is 19.6. The number of hydrogen-bond acceptors (Lipinski definition) is 2. The second kappa shape index (κ2) is 6.05. The molecule has 0 aliphatic rings. The summed E-state index contributed by atoms with van der Waals surface area (Å²) in [6.45, 7) is 1.83. The molecule has 0 aliphatic carbocycles. The van der Waals surface area contributed by atoms with Crippen LogP contribution in [-0.2, 0) is 0 Å². The first kappa shape index (κ1) is 14.5. The Bertz CT molecular complexity index is 658. The number of carbonyl (C=O) groups excluding carboxylic acids is 1. The van der Waals surface area contributed by atoms with E-state index in [9.17, 15) is 9.18 Å². The van der Waals surface area contributed by atoms with E-state index in [-0.39, 0.29) is 5.69 Å². The first-order chi connectivity index (χ1) is 9.51. The molecule has 0 saturated carbocycles. The van der Waals surface area contributed by atoms with Crippen molar-refractivity contribution in [3.63, 3.8) is 0 Å². The zero-order chi connectivity index (χ0) is 14.7. The van der Waals surface area contributed by atoms with Crippen LogP contribution in [0, 0.1) is 12.7 Å². The fourth-order valence-electron chi connectivity index (χ4n) is 1.78. The average molecular weight is 338 g/mol. The summed E-state index contributed by atoms with van der Waals surface area (Å²) in [6.07, 6.45) is 0. The third-order valence-corrected chi connectivity index (χ3v) is 3.27. The normalized spacial score (nSPS) is 10.2. The number of hydrogen-bond donors (Lipinski definition) is 1. The van der Waals surface area contributed by atoms with E-state index in [1.165, 1.54) is 13.2 Å². The van der Waals surface area contributed by atoms with Crippen molar-refractivity contribution >= 4 is 27.5 Å². The summed E-state index contributed by atoms with van der Waals surface area (Å²) in [7, 11) is 1.48. The number of benzene rings is 2. The number of methoxy groups -OCH3 is 1. The maximum absolute atomic E-state index is 13.6. The van der Waals surface area contributed by atoms with E-state index in [4.69, 9.17) is 4.74 Å². The van der Waals surface area contributed by atoms with Crippen LogP contribution in [-0.4, -0.2) is 13.0 Å². The molecular weight excluding hydrogens is 325 g/mol. The molecule has 0 fully saturated rings. The number of ether oxygens (including phenoxy) is 1. The highest BCUT2D eigenvalue weighted by Gasteiger charge is 2.14. The van der Waals surface area contributed by atoms with Crippen LogP contribution in [0.2, 0.25) is 0 Å². The molecule has 0 aromatic heterocycles. The quantitative estimate of drug-likeness (QED) is 0.913. The average Bonchev–Trinajstić information content (AvgIpc) is 2.42. The summed E-state index contributed by atoms with van der Waals surface area (Å²) in [6, 6.07) is 9.57. The molecule has 0 radical (unpaired) electrons. The van der Waals surface area contributed by atoms with Crippen LogP contribution in [0.4, 0.5) is 10.1 Å². The topological polar surface area (TPSA) is 38.3 Å². The Morgan fingerprint density at radius 2 is 2.00 bits per heavy atom. The number of carbonyl (C=O) groups is 1. The second-order valence-electron chi connectivity index (χ2n) is 4.28. The van der Waals surface area contributed by atoms with Crippen molar-refractivity contribution < 1.29 is 13.9 Å². The minimum atomic E-state index is -0.472. The van der Waals surface area contributed by atoms with Crippen molar-refractivity contribution in [2.75, 3.05) is 12.4 Å². The molecule has 2 rings (SSSR count). The summed E-state index contributed by atoms with van der Waals surface area (Å²) in [5, 5.41) is 2.55. The Morgan fingerprint density at radius 1 is 1.25 bits per heavy atom. The monoisotopic (exact) mass is 337 g/mol. The molecule has 0 bridgehead atoms. The van der Waals surface area contributed by atoms with Crippen molar-refractivity contribution in [3.05, 3.63) is 57.8 Å². The lowest BCUT2D eigenvalue weighted by Gasteiger charge is -2.10. The van der Waals surface area contributed by atoms with E-state index in [1.54, 1.807) is 30.3 Å². The molecule has 3 nitrogen and oxygen atoms in total. The van der Waals surface area contributed by atoms with Gasteiger partial charge in [-0.15, -0.1) is 0 Å². The zero-order valence-electron chi connectivity index (χ0n) is 11.0. The Morgan fingerprint density at radius 3 is 2.70 bits per heavy atom. The van der Waals surface area contributed by atoms with Gasteiger partial charge in [-0.25, -0.2) is 4.39 Å². The smallest absolute Gasteiger partial charge is 0.259 e. The number of halogens is 2. The Balaban J connectivity index is 2.30. The van der Waals surface area contributed by atoms with Gasteiger partial charge in [0.15, 0.2) is 0 Å². The number of aryl methyl sites for hydroxylation is 1. The van der Waals surface area contributed by atoms with Crippen molar-refractivity contribution in [1.82, 2.24) is 0 Å². The number of nitrogens with one attached hydrogen (secondary N) is 1. The highest BCUT2D eigenvalue weighted by atomic mass is 79.9. The van der Waals surface area contributed by atoms with E-state index in [1.807, 2.05) is 6.92 Å². The molecule has 0 spiro atoms. The molecule has 2 aromatic rings. The lowest BCUT2D eigenvalue weighted by Crippen LogP contribution is -2.14.